The van der Waals surface area contributed by atoms with E-state index in [9.17, 15) is 0 Å². The van der Waals surface area contributed by atoms with E-state index in [1.165, 1.54) is 11.1 Å². The average molecular weight is 162 g/mol. The van der Waals surface area contributed by atoms with E-state index in [-0.39, 0.29) is 0 Å². The zero-order chi connectivity index (χ0) is 8.97. The van der Waals surface area contributed by atoms with E-state index in [1.54, 1.807) is 7.11 Å². The molecule has 0 unspecified atom stereocenters. The van der Waals surface area contributed by atoms with Crippen molar-refractivity contribution in [2.24, 2.45) is 0 Å². The number of rotatable bonds is 2. The maximum Gasteiger partial charge on any atom is 0.119 e. The molecule has 0 saturated heterocycles. The molecule has 0 aliphatic carbocycles. The number of aryl methyl sites for hydroxylation is 1. The van der Waals surface area contributed by atoms with Crippen molar-refractivity contribution in [3.8, 4) is 5.75 Å². The fraction of sp³-hybridized carbons (Fsp3) is 0.273. The number of hydrogen-bond acceptors (Lipinski definition) is 1. The van der Waals surface area contributed by atoms with Crippen LogP contribution in [0.1, 0.15) is 18.1 Å². The maximum absolute atomic E-state index is 5.10. The standard InChI is InChI=1S/C11H14O/c1-4-5-10-6-7-11(12-3)8-9(10)2/h4-8H,1-3H3/b5-4+. The van der Waals surface area contributed by atoms with Gasteiger partial charge in [0.2, 0.25) is 0 Å². The zero-order valence-corrected chi connectivity index (χ0v) is 7.79. The van der Waals surface area contributed by atoms with Crippen molar-refractivity contribution in [3.63, 3.8) is 0 Å². The molecule has 64 valence electrons. The first-order valence-electron chi connectivity index (χ1n) is 4.05. The van der Waals surface area contributed by atoms with E-state index in [4.69, 9.17) is 4.74 Å². The van der Waals surface area contributed by atoms with Gasteiger partial charge in [0, 0.05) is 0 Å². The van der Waals surface area contributed by atoms with Crippen molar-refractivity contribution in [2.75, 3.05) is 7.11 Å². The molecule has 0 aliphatic rings. The Kier molecular flexibility index (Phi) is 2.92. The van der Waals surface area contributed by atoms with E-state index < -0.39 is 0 Å². The lowest BCUT2D eigenvalue weighted by molar-refractivity contribution is 0.414. The van der Waals surface area contributed by atoms with Gasteiger partial charge in [-0.3, -0.25) is 0 Å². The quantitative estimate of drug-likeness (QED) is 0.649. The van der Waals surface area contributed by atoms with E-state index in [0.29, 0.717) is 0 Å². The molecule has 1 aromatic carbocycles. The third kappa shape index (κ3) is 1.88. The Bertz CT molecular complexity index is 287. The van der Waals surface area contributed by atoms with Gasteiger partial charge in [-0.15, -0.1) is 0 Å². The van der Waals surface area contributed by atoms with Crippen LogP contribution in [0.15, 0.2) is 24.3 Å². The highest BCUT2D eigenvalue weighted by Gasteiger charge is 1.95. The average Bonchev–Trinajstić information content (AvgIpc) is 2.09. The Balaban J connectivity index is 3.03. The molecule has 0 atom stereocenters. The van der Waals surface area contributed by atoms with E-state index in [2.05, 4.69) is 19.1 Å². The summed E-state index contributed by atoms with van der Waals surface area (Å²) >= 11 is 0. The number of methoxy groups -OCH3 is 1. The summed E-state index contributed by atoms with van der Waals surface area (Å²) in [5.74, 6) is 0.917. The Labute approximate surface area is 73.7 Å². The van der Waals surface area contributed by atoms with Crippen LogP contribution in [-0.4, -0.2) is 7.11 Å². The van der Waals surface area contributed by atoms with Gasteiger partial charge in [-0.2, -0.15) is 0 Å². The van der Waals surface area contributed by atoms with Crippen LogP contribution in [0.4, 0.5) is 0 Å². The lowest BCUT2D eigenvalue weighted by Crippen LogP contribution is -1.85. The smallest absolute Gasteiger partial charge is 0.119 e. The van der Waals surface area contributed by atoms with Crippen molar-refractivity contribution < 1.29 is 4.74 Å². The fourth-order valence-corrected chi connectivity index (χ4v) is 1.14. The first-order chi connectivity index (χ1) is 5.77. The minimum absolute atomic E-state index is 0.917. The summed E-state index contributed by atoms with van der Waals surface area (Å²) in [6.45, 7) is 4.10. The van der Waals surface area contributed by atoms with Crippen LogP contribution in [0.25, 0.3) is 6.08 Å². The zero-order valence-electron chi connectivity index (χ0n) is 7.79. The van der Waals surface area contributed by atoms with Crippen LogP contribution < -0.4 is 4.74 Å². The van der Waals surface area contributed by atoms with Gasteiger partial charge in [0.15, 0.2) is 0 Å². The summed E-state index contributed by atoms with van der Waals surface area (Å²) in [6, 6.07) is 6.08. The number of ether oxygens (including phenoxy) is 1. The van der Waals surface area contributed by atoms with Crippen LogP contribution >= 0.6 is 0 Å². The molecule has 0 spiro atoms. The molecule has 1 heteroatoms. The Morgan fingerprint density at radius 1 is 1.33 bits per heavy atom. The van der Waals surface area contributed by atoms with Crippen molar-refractivity contribution in [1.29, 1.82) is 0 Å². The SMILES string of the molecule is C/C=C/c1ccc(OC)cc1C. The highest BCUT2D eigenvalue weighted by molar-refractivity contribution is 5.54. The van der Waals surface area contributed by atoms with E-state index >= 15 is 0 Å². The molecule has 0 bridgehead atoms. The second-order valence-corrected chi connectivity index (χ2v) is 2.72. The number of allylic oxidation sites excluding steroid dienone is 1. The van der Waals surface area contributed by atoms with Gasteiger partial charge in [0.25, 0.3) is 0 Å². The summed E-state index contributed by atoms with van der Waals surface area (Å²) < 4.78 is 5.10. The maximum atomic E-state index is 5.10. The monoisotopic (exact) mass is 162 g/mol. The Morgan fingerprint density at radius 3 is 2.58 bits per heavy atom. The molecule has 0 amide bonds. The third-order valence-corrected chi connectivity index (χ3v) is 1.82. The molecule has 0 fully saturated rings. The van der Waals surface area contributed by atoms with Crippen LogP contribution in [0.2, 0.25) is 0 Å². The van der Waals surface area contributed by atoms with Gasteiger partial charge < -0.3 is 4.74 Å². The van der Waals surface area contributed by atoms with Gasteiger partial charge in [-0.1, -0.05) is 18.2 Å². The minimum atomic E-state index is 0.917. The molecule has 1 aromatic rings. The molecule has 0 saturated carbocycles. The Hall–Kier alpha value is -1.24. The summed E-state index contributed by atoms with van der Waals surface area (Å²) in [4.78, 5) is 0. The molecule has 0 aliphatic heterocycles. The van der Waals surface area contributed by atoms with Crippen LogP contribution in [0.3, 0.4) is 0 Å². The van der Waals surface area contributed by atoms with Gasteiger partial charge >= 0.3 is 0 Å². The molecule has 1 nitrogen and oxygen atoms in total. The summed E-state index contributed by atoms with van der Waals surface area (Å²) in [6.07, 6.45) is 4.13. The van der Waals surface area contributed by atoms with Gasteiger partial charge in [0.05, 0.1) is 7.11 Å². The van der Waals surface area contributed by atoms with Crippen molar-refractivity contribution in [1.82, 2.24) is 0 Å². The topological polar surface area (TPSA) is 9.23 Å². The minimum Gasteiger partial charge on any atom is -0.497 e. The molecule has 12 heavy (non-hydrogen) atoms. The second-order valence-electron chi connectivity index (χ2n) is 2.72. The predicted octanol–water partition coefficient (Wildman–Crippen LogP) is 3.04. The van der Waals surface area contributed by atoms with Crippen LogP contribution in [0.5, 0.6) is 5.75 Å². The van der Waals surface area contributed by atoms with Crippen LogP contribution in [0, 0.1) is 6.92 Å². The molecule has 0 N–H and O–H groups in total. The fourth-order valence-electron chi connectivity index (χ4n) is 1.14. The summed E-state index contributed by atoms with van der Waals surface area (Å²) in [7, 11) is 1.68. The normalized spacial score (nSPS) is 10.6. The molecule has 1 rings (SSSR count). The lowest BCUT2D eigenvalue weighted by atomic mass is 10.1. The largest absolute Gasteiger partial charge is 0.497 e. The molecule has 0 aromatic heterocycles. The molecular formula is C11H14O. The van der Waals surface area contributed by atoms with Crippen molar-refractivity contribution >= 4 is 6.08 Å². The number of hydrogen-bond donors (Lipinski definition) is 0. The van der Waals surface area contributed by atoms with Gasteiger partial charge in [0.1, 0.15) is 5.75 Å². The highest BCUT2D eigenvalue weighted by atomic mass is 16.5. The Morgan fingerprint density at radius 2 is 2.08 bits per heavy atom. The highest BCUT2D eigenvalue weighted by Crippen LogP contribution is 2.17. The number of benzene rings is 1. The van der Waals surface area contributed by atoms with E-state index in [1.807, 2.05) is 25.1 Å². The molecule has 0 heterocycles. The van der Waals surface area contributed by atoms with E-state index in [0.717, 1.165) is 5.75 Å². The van der Waals surface area contributed by atoms with Crippen molar-refractivity contribution in [2.45, 2.75) is 13.8 Å². The third-order valence-electron chi connectivity index (χ3n) is 1.82. The molecular weight excluding hydrogens is 148 g/mol. The predicted molar refractivity (Wildman–Crippen MR) is 52.4 cm³/mol. The first kappa shape index (κ1) is 8.85. The van der Waals surface area contributed by atoms with Gasteiger partial charge in [-0.25, -0.2) is 0 Å². The van der Waals surface area contributed by atoms with Gasteiger partial charge in [-0.05, 0) is 37.1 Å². The van der Waals surface area contributed by atoms with Crippen LogP contribution in [-0.2, 0) is 0 Å². The summed E-state index contributed by atoms with van der Waals surface area (Å²) in [5.41, 5.74) is 2.49. The van der Waals surface area contributed by atoms with Crippen molar-refractivity contribution in [3.05, 3.63) is 35.4 Å². The first-order valence-corrected chi connectivity index (χ1v) is 4.05. The second kappa shape index (κ2) is 3.96. The molecule has 0 radical (unpaired) electrons. The lowest BCUT2D eigenvalue weighted by Gasteiger charge is -2.03. The summed E-state index contributed by atoms with van der Waals surface area (Å²) in [5, 5.41) is 0.